The number of para-hydroxylation sites is 1. The Balaban J connectivity index is 1.51. The molecule has 30 heavy (non-hydrogen) atoms. The number of aromatic nitrogens is 2. The Hall–Kier alpha value is -2.67. The second-order valence-corrected chi connectivity index (χ2v) is 7.61. The maximum Gasteiger partial charge on any atom is 0.270 e. The first-order valence-corrected chi connectivity index (χ1v) is 10.6. The number of carbonyl (C=O) groups excluding carboxylic acids is 1. The molecule has 0 aliphatic carbocycles. The van der Waals surface area contributed by atoms with Crippen LogP contribution >= 0.6 is 11.6 Å². The molecule has 1 aliphatic rings. The number of nitrogens with one attached hydrogen (secondary N) is 1. The van der Waals surface area contributed by atoms with Crippen molar-refractivity contribution in [3.8, 4) is 16.9 Å². The van der Waals surface area contributed by atoms with Crippen molar-refractivity contribution >= 4 is 17.5 Å². The number of carbonyl (C=O) groups is 1. The molecule has 1 aromatic heterocycles. The van der Waals surface area contributed by atoms with E-state index in [1.165, 1.54) is 0 Å². The van der Waals surface area contributed by atoms with E-state index in [9.17, 15) is 4.79 Å². The second kappa shape index (κ2) is 9.89. The fourth-order valence-electron chi connectivity index (χ4n) is 3.52. The quantitative estimate of drug-likeness (QED) is 0.588. The molecule has 1 amide bonds. The van der Waals surface area contributed by atoms with Crippen molar-refractivity contribution in [2.75, 3.05) is 39.4 Å². The molecule has 0 radical (unpaired) electrons. The zero-order valence-electron chi connectivity index (χ0n) is 16.8. The molecule has 4 rings (SSSR count). The summed E-state index contributed by atoms with van der Waals surface area (Å²) in [5.74, 6) is -0.161. The number of nitrogens with zero attached hydrogens (tertiary/aromatic N) is 3. The van der Waals surface area contributed by atoms with Gasteiger partial charge in [0.1, 0.15) is 5.69 Å². The summed E-state index contributed by atoms with van der Waals surface area (Å²) in [6.07, 6.45) is 0.886. The molecular formula is C23H25ClN4O2. The van der Waals surface area contributed by atoms with E-state index in [1.807, 2.05) is 54.6 Å². The number of benzene rings is 2. The van der Waals surface area contributed by atoms with Crippen molar-refractivity contribution < 1.29 is 9.53 Å². The van der Waals surface area contributed by atoms with E-state index in [2.05, 4.69) is 15.3 Å². The van der Waals surface area contributed by atoms with Gasteiger partial charge in [-0.2, -0.15) is 5.10 Å². The molecule has 1 saturated heterocycles. The predicted octanol–water partition coefficient (Wildman–Crippen LogP) is 3.64. The van der Waals surface area contributed by atoms with Crippen LogP contribution in [0.15, 0.2) is 60.7 Å². The predicted molar refractivity (Wildman–Crippen MR) is 118 cm³/mol. The van der Waals surface area contributed by atoms with Crippen LogP contribution in [0, 0.1) is 0 Å². The van der Waals surface area contributed by atoms with Crippen LogP contribution in [0.25, 0.3) is 16.9 Å². The topological polar surface area (TPSA) is 59.4 Å². The summed E-state index contributed by atoms with van der Waals surface area (Å²) in [7, 11) is 0. The third kappa shape index (κ3) is 4.90. The van der Waals surface area contributed by atoms with Crippen molar-refractivity contribution in [3.05, 3.63) is 71.4 Å². The van der Waals surface area contributed by atoms with Crippen LogP contribution in [0.3, 0.4) is 0 Å². The maximum absolute atomic E-state index is 13.0. The Morgan fingerprint density at radius 1 is 1.07 bits per heavy atom. The first kappa shape index (κ1) is 20.6. The highest BCUT2D eigenvalue weighted by atomic mass is 35.5. The minimum atomic E-state index is -0.161. The molecule has 2 aromatic carbocycles. The summed E-state index contributed by atoms with van der Waals surface area (Å²) >= 11 is 6.40. The van der Waals surface area contributed by atoms with Gasteiger partial charge in [-0.25, -0.2) is 4.68 Å². The molecule has 0 atom stereocenters. The minimum absolute atomic E-state index is 0.161. The average molecular weight is 425 g/mol. The summed E-state index contributed by atoms with van der Waals surface area (Å²) in [4.78, 5) is 15.4. The van der Waals surface area contributed by atoms with Gasteiger partial charge in [0.05, 0.1) is 29.6 Å². The second-order valence-electron chi connectivity index (χ2n) is 7.21. The number of ether oxygens (including phenoxy) is 1. The van der Waals surface area contributed by atoms with Gasteiger partial charge in [0.2, 0.25) is 0 Å². The van der Waals surface area contributed by atoms with Crippen LogP contribution in [0.5, 0.6) is 0 Å². The van der Waals surface area contributed by atoms with E-state index in [1.54, 1.807) is 10.7 Å². The molecule has 0 bridgehead atoms. The minimum Gasteiger partial charge on any atom is -0.379 e. The van der Waals surface area contributed by atoms with Gasteiger partial charge in [0, 0.05) is 25.2 Å². The SMILES string of the molecule is O=C(NCCCN1CCOCC1)c1cc(-c2ccccc2)nn1-c1ccccc1Cl. The zero-order chi connectivity index (χ0) is 20.8. The third-order valence-electron chi connectivity index (χ3n) is 5.13. The summed E-state index contributed by atoms with van der Waals surface area (Å²) in [6.45, 7) is 5.02. The van der Waals surface area contributed by atoms with Crippen LogP contribution in [0.4, 0.5) is 0 Å². The van der Waals surface area contributed by atoms with Crippen molar-refractivity contribution in [1.29, 1.82) is 0 Å². The molecule has 0 spiro atoms. The lowest BCUT2D eigenvalue weighted by molar-refractivity contribution is 0.0374. The lowest BCUT2D eigenvalue weighted by atomic mass is 10.1. The van der Waals surface area contributed by atoms with Gasteiger partial charge in [-0.3, -0.25) is 9.69 Å². The van der Waals surface area contributed by atoms with Crippen LogP contribution in [0.1, 0.15) is 16.9 Å². The molecule has 1 fully saturated rings. The molecular weight excluding hydrogens is 400 g/mol. The Morgan fingerprint density at radius 2 is 1.80 bits per heavy atom. The summed E-state index contributed by atoms with van der Waals surface area (Å²) in [6, 6.07) is 19.0. The molecule has 6 nitrogen and oxygen atoms in total. The number of amides is 1. The van der Waals surface area contributed by atoms with Gasteiger partial charge in [-0.15, -0.1) is 0 Å². The molecule has 1 N–H and O–H groups in total. The lowest BCUT2D eigenvalue weighted by Gasteiger charge is -2.26. The Kier molecular flexibility index (Phi) is 6.79. The van der Waals surface area contributed by atoms with Gasteiger partial charge in [-0.1, -0.05) is 54.1 Å². The molecule has 7 heteroatoms. The number of hydrogen-bond donors (Lipinski definition) is 1. The normalized spacial score (nSPS) is 14.6. The molecule has 0 unspecified atom stereocenters. The fraction of sp³-hybridized carbons (Fsp3) is 0.304. The summed E-state index contributed by atoms with van der Waals surface area (Å²) in [5.41, 5.74) is 2.83. The van der Waals surface area contributed by atoms with Crippen molar-refractivity contribution in [3.63, 3.8) is 0 Å². The largest absolute Gasteiger partial charge is 0.379 e. The number of hydrogen-bond acceptors (Lipinski definition) is 4. The van der Waals surface area contributed by atoms with Gasteiger partial charge >= 0.3 is 0 Å². The maximum atomic E-state index is 13.0. The van der Waals surface area contributed by atoms with Crippen LogP contribution in [-0.2, 0) is 4.74 Å². The zero-order valence-corrected chi connectivity index (χ0v) is 17.5. The smallest absolute Gasteiger partial charge is 0.270 e. The molecule has 0 saturated carbocycles. The summed E-state index contributed by atoms with van der Waals surface area (Å²) < 4.78 is 7.00. The van der Waals surface area contributed by atoms with E-state index in [0.29, 0.717) is 22.9 Å². The van der Waals surface area contributed by atoms with Crippen molar-refractivity contribution in [2.45, 2.75) is 6.42 Å². The lowest BCUT2D eigenvalue weighted by Crippen LogP contribution is -2.38. The van der Waals surface area contributed by atoms with E-state index in [-0.39, 0.29) is 5.91 Å². The third-order valence-corrected chi connectivity index (χ3v) is 5.45. The van der Waals surface area contributed by atoms with E-state index in [0.717, 1.165) is 50.5 Å². The first-order chi connectivity index (χ1) is 14.7. The van der Waals surface area contributed by atoms with E-state index in [4.69, 9.17) is 16.3 Å². The van der Waals surface area contributed by atoms with Gasteiger partial charge < -0.3 is 10.1 Å². The Labute approximate surface area is 181 Å². The number of halogens is 1. The monoisotopic (exact) mass is 424 g/mol. The van der Waals surface area contributed by atoms with Gasteiger partial charge in [0.25, 0.3) is 5.91 Å². The summed E-state index contributed by atoms with van der Waals surface area (Å²) in [5, 5.41) is 8.26. The molecule has 1 aliphatic heterocycles. The van der Waals surface area contributed by atoms with Gasteiger partial charge in [-0.05, 0) is 31.2 Å². The van der Waals surface area contributed by atoms with Crippen LogP contribution < -0.4 is 5.32 Å². The standard InChI is InChI=1S/C23H25ClN4O2/c24-19-9-4-5-10-21(19)28-22(17-20(26-28)18-7-2-1-3-8-18)23(29)25-11-6-12-27-13-15-30-16-14-27/h1-5,7-10,17H,6,11-16H2,(H,25,29). The van der Waals surface area contributed by atoms with Crippen LogP contribution in [0.2, 0.25) is 5.02 Å². The highest BCUT2D eigenvalue weighted by Crippen LogP contribution is 2.25. The Morgan fingerprint density at radius 3 is 2.57 bits per heavy atom. The number of rotatable bonds is 7. The molecule has 2 heterocycles. The average Bonchev–Trinajstić information content (AvgIpc) is 3.24. The van der Waals surface area contributed by atoms with Crippen LogP contribution in [-0.4, -0.2) is 60.0 Å². The van der Waals surface area contributed by atoms with Crippen molar-refractivity contribution in [1.82, 2.24) is 20.0 Å². The van der Waals surface area contributed by atoms with Crippen molar-refractivity contribution in [2.24, 2.45) is 0 Å². The fourth-order valence-corrected chi connectivity index (χ4v) is 3.74. The Bertz CT molecular complexity index is 984. The first-order valence-electron chi connectivity index (χ1n) is 10.2. The highest BCUT2D eigenvalue weighted by Gasteiger charge is 2.19. The highest BCUT2D eigenvalue weighted by molar-refractivity contribution is 6.32. The number of morpholine rings is 1. The van der Waals surface area contributed by atoms with E-state index >= 15 is 0 Å². The molecule has 156 valence electrons. The van der Waals surface area contributed by atoms with E-state index < -0.39 is 0 Å². The molecule has 3 aromatic rings. The van der Waals surface area contributed by atoms with Gasteiger partial charge in [0.15, 0.2) is 0 Å².